The molecule has 2 nitrogen and oxygen atoms in total. The molecule has 0 aromatic heterocycles. The molecule has 1 atom stereocenters. The van der Waals surface area contributed by atoms with Gasteiger partial charge in [0.2, 0.25) is 0 Å². The average Bonchev–Trinajstić information content (AvgIpc) is 2.24. The van der Waals surface area contributed by atoms with Crippen molar-refractivity contribution in [1.82, 2.24) is 5.32 Å². The minimum Gasteiger partial charge on any atom is -0.386 e. The molecule has 6 heteroatoms. The molecule has 0 saturated heterocycles. The van der Waals surface area contributed by atoms with E-state index >= 15 is 0 Å². The molecule has 1 unspecified atom stereocenters. The smallest absolute Gasteiger partial charge is 0.265 e. The number of hydrogen-bond donors (Lipinski definition) is 2. The molecule has 0 spiro atoms. The average molecular weight is 254 g/mol. The molecule has 0 fully saturated rings. The van der Waals surface area contributed by atoms with E-state index in [4.69, 9.17) is 16.7 Å². The molecule has 1 aromatic rings. The van der Waals surface area contributed by atoms with Gasteiger partial charge in [-0.2, -0.15) is 0 Å². The molecule has 90 valence electrons. The number of hydrogen-bond acceptors (Lipinski definition) is 2. The third kappa shape index (κ3) is 3.66. The van der Waals surface area contributed by atoms with Crippen molar-refractivity contribution in [3.8, 4) is 0 Å². The Bertz CT molecular complexity index is 349. The van der Waals surface area contributed by atoms with Gasteiger partial charge in [0.1, 0.15) is 11.9 Å². The van der Waals surface area contributed by atoms with Gasteiger partial charge in [0.05, 0.1) is 5.02 Å². The molecule has 0 radical (unpaired) electrons. The molecular weight excluding hydrogens is 243 g/mol. The van der Waals surface area contributed by atoms with Crippen LogP contribution >= 0.6 is 11.6 Å². The predicted octanol–water partition coefficient (Wildman–Crippen LogP) is 2.19. The second kappa shape index (κ2) is 6.08. The van der Waals surface area contributed by atoms with Crippen molar-refractivity contribution in [3.63, 3.8) is 0 Å². The predicted molar refractivity (Wildman–Crippen MR) is 55.1 cm³/mol. The quantitative estimate of drug-likeness (QED) is 0.843. The molecule has 16 heavy (non-hydrogen) atoms. The summed E-state index contributed by atoms with van der Waals surface area (Å²) >= 11 is 5.65. The Labute approximate surface area is 96.0 Å². The lowest BCUT2D eigenvalue weighted by atomic mass is 10.2. The summed E-state index contributed by atoms with van der Waals surface area (Å²) in [6.45, 7) is -0.148. The SMILES string of the molecule is OC(CNCc1cccc(F)c1Cl)C(F)F. The first-order chi connectivity index (χ1) is 7.52. The Kier molecular flexibility index (Phi) is 5.05. The van der Waals surface area contributed by atoms with Gasteiger partial charge in [-0.05, 0) is 11.6 Å². The first-order valence-corrected chi connectivity index (χ1v) is 5.00. The molecule has 0 saturated carbocycles. The van der Waals surface area contributed by atoms with Crippen LogP contribution in [0.5, 0.6) is 0 Å². The summed E-state index contributed by atoms with van der Waals surface area (Å²) in [4.78, 5) is 0. The zero-order valence-corrected chi connectivity index (χ0v) is 9.02. The van der Waals surface area contributed by atoms with Gasteiger partial charge in [-0.1, -0.05) is 23.7 Å². The Morgan fingerprint density at radius 3 is 2.69 bits per heavy atom. The summed E-state index contributed by atoms with van der Waals surface area (Å²) in [6.07, 6.45) is -4.53. The van der Waals surface area contributed by atoms with Crippen molar-refractivity contribution in [2.75, 3.05) is 6.54 Å². The van der Waals surface area contributed by atoms with E-state index in [1.165, 1.54) is 12.1 Å². The highest BCUT2D eigenvalue weighted by Crippen LogP contribution is 2.19. The lowest BCUT2D eigenvalue weighted by Gasteiger charge is -2.11. The molecule has 2 N–H and O–H groups in total. The van der Waals surface area contributed by atoms with E-state index in [2.05, 4.69) is 5.32 Å². The van der Waals surface area contributed by atoms with E-state index in [9.17, 15) is 13.2 Å². The third-order valence-electron chi connectivity index (χ3n) is 1.99. The molecule has 0 aliphatic carbocycles. The van der Waals surface area contributed by atoms with E-state index in [1.807, 2.05) is 0 Å². The van der Waals surface area contributed by atoms with Crippen molar-refractivity contribution in [3.05, 3.63) is 34.6 Å². The van der Waals surface area contributed by atoms with Crippen LogP contribution in [-0.4, -0.2) is 24.2 Å². The number of alkyl halides is 2. The zero-order valence-electron chi connectivity index (χ0n) is 8.26. The fourth-order valence-electron chi connectivity index (χ4n) is 1.13. The summed E-state index contributed by atoms with van der Waals surface area (Å²) in [7, 11) is 0. The van der Waals surface area contributed by atoms with E-state index in [0.717, 1.165) is 0 Å². The second-order valence-corrected chi connectivity index (χ2v) is 3.62. The van der Waals surface area contributed by atoms with Crippen molar-refractivity contribution < 1.29 is 18.3 Å². The van der Waals surface area contributed by atoms with E-state index in [0.29, 0.717) is 5.56 Å². The number of benzene rings is 1. The molecule has 0 aliphatic rings. The highest BCUT2D eigenvalue weighted by molar-refractivity contribution is 6.31. The normalized spacial score (nSPS) is 13.1. The maximum atomic E-state index is 13.0. The molecule has 0 amide bonds. The van der Waals surface area contributed by atoms with Crippen LogP contribution < -0.4 is 5.32 Å². The fraction of sp³-hybridized carbons (Fsp3) is 0.400. The van der Waals surface area contributed by atoms with Gasteiger partial charge < -0.3 is 10.4 Å². The summed E-state index contributed by atoms with van der Waals surface area (Å²) in [5, 5.41) is 11.3. The fourth-order valence-corrected chi connectivity index (χ4v) is 1.32. The van der Waals surface area contributed by atoms with Gasteiger partial charge in [-0.3, -0.25) is 0 Å². The van der Waals surface area contributed by atoms with E-state index in [-0.39, 0.29) is 18.1 Å². The first-order valence-electron chi connectivity index (χ1n) is 4.62. The van der Waals surface area contributed by atoms with Crippen LogP contribution in [0.15, 0.2) is 18.2 Å². The largest absolute Gasteiger partial charge is 0.386 e. The molecule has 0 aliphatic heterocycles. The number of nitrogens with one attached hydrogen (secondary N) is 1. The molecule has 0 heterocycles. The summed E-state index contributed by atoms with van der Waals surface area (Å²) in [5.41, 5.74) is 0.461. The van der Waals surface area contributed by atoms with E-state index in [1.54, 1.807) is 6.07 Å². The number of halogens is 4. The third-order valence-corrected chi connectivity index (χ3v) is 2.41. The minimum atomic E-state index is -2.80. The van der Waals surface area contributed by atoms with Crippen LogP contribution in [0.3, 0.4) is 0 Å². The van der Waals surface area contributed by atoms with Crippen LogP contribution in [0.4, 0.5) is 13.2 Å². The Hall–Kier alpha value is -0.780. The summed E-state index contributed by atoms with van der Waals surface area (Å²) in [6, 6.07) is 4.26. The van der Waals surface area contributed by atoms with Crippen LogP contribution in [0.2, 0.25) is 5.02 Å². The molecular formula is C10H11ClF3NO. The highest BCUT2D eigenvalue weighted by Gasteiger charge is 2.16. The molecule has 1 aromatic carbocycles. The van der Waals surface area contributed by atoms with Gasteiger partial charge >= 0.3 is 0 Å². The van der Waals surface area contributed by atoms with E-state index < -0.39 is 18.3 Å². The van der Waals surface area contributed by atoms with Crippen LogP contribution in [0.1, 0.15) is 5.56 Å². The maximum Gasteiger partial charge on any atom is 0.265 e. The van der Waals surface area contributed by atoms with Gasteiger partial charge in [-0.25, -0.2) is 13.2 Å². The lowest BCUT2D eigenvalue weighted by molar-refractivity contribution is -0.00340. The van der Waals surface area contributed by atoms with Gasteiger partial charge in [0.15, 0.2) is 0 Å². The summed E-state index contributed by atoms with van der Waals surface area (Å²) < 4.78 is 36.8. The van der Waals surface area contributed by atoms with Crippen LogP contribution in [0, 0.1) is 5.82 Å². The standard InChI is InChI=1S/C10H11ClF3NO/c11-9-6(2-1-3-7(9)12)4-15-5-8(16)10(13)14/h1-3,8,10,15-16H,4-5H2. The lowest BCUT2D eigenvalue weighted by Crippen LogP contribution is -2.31. The Morgan fingerprint density at radius 2 is 2.06 bits per heavy atom. The first kappa shape index (κ1) is 13.3. The summed E-state index contributed by atoms with van der Waals surface area (Å²) in [5.74, 6) is -0.560. The Balaban J connectivity index is 2.46. The van der Waals surface area contributed by atoms with Gasteiger partial charge in [0.25, 0.3) is 6.43 Å². The second-order valence-electron chi connectivity index (χ2n) is 3.25. The van der Waals surface area contributed by atoms with Gasteiger partial charge in [0, 0.05) is 13.1 Å². The number of aliphatic hydroxyl groups is 1. The van der Waals surface area contributed by atoms with Crippen LogP contribution in [0.25, 0.3) is 0 Å². The molecule has 1 rings (SSSR count). The van der Waals surface area contributed by atoms with Gasteiger partial charge in [-0.15, -0.1) is 0 Å². The highest BCUT2D eigenvalue weighted by atomic mass is 35.5. The zero-order chi connectivity index (χ0) is 12.1. The topological polar surface area (TPSA) is 32.3 Å². The minimum absolute atomic E-state index is 0.0402. The van der Waals surface area contributed by atoms with Crippen molar-refractivity contribution in [1.29, 1.82) is 0 Å². The van der Waals surface area contributed by atoms with Crippen molar-refractivity contribution in [2.45, 2.75) is 19.1 Å². The van der Waals surface area contributed by atoms with Crippen molar-refractivity contribution >= 4 is 11.6 Å². The maximum absolute atomic E-state index is 13.0. The molecule has 0 bridgehead atoms. The monoisotopic (exact) mass is 253 g/mol. The Morgan fingerprint density at radius 1 is 1.38 bits per heavy atom. The van der Waals surface area contributed by atoms with Crippen molar-refractivity contribution in [2.24, 2.45) is 0 Å². The number of aliphatic hydroxyl groups excluding tert-OH is 1. The van der Waals surface area contributed by atoms with Crippen LogP contribution in [-0.2, 0) is 6.54 Å². The number of rotatable bonds is 5.